The number of nitrogens with zero attached hydrogens (tertiary/aromatic N) is 3. The van der Waals surface area contributed by atoms with Crippen LogP contribution in [0.3, 0.4) is 0 Å². The third kappa shape index (κ3) is 5.99. The third-order valence-electron chi connectivity index (χ3n) is 6.26. The lowest BCUT2D eigenvalue weighted by Gasteiger charge is -2.15. The summed E-state index contributed by atoms with van der Waals surface area (Å²) >= 11 is 0. The van der Waals surface area contributed by atoms with Crippen molar-refractivity contribution >= 4 is 16.9 Å². The van der Waals surface area contributed by atoms with Crippen molar-refractivity contribution in [3.8, 4) is 28.8 Å². The van der Waals surface area contributed by atoms with E-state index in [1.807, 2.05) is 30.3 Å². The molecule has 5 rings (SSSR count). The maximum Gasteiger partial charge on any atom is 0.253 e. The van der Waals surface area contributed by atoms with Crippen molar-refractivity contribution in [1.29, 1.82) is 0 Å². The van der Waals surface area contributed by atoms with Crippen LogP contribution in [0.2, 0.25) is 0 Å². The van der Waals surface area contributed by atoms with E-state index in [9.17, 15) is 9.59 Å². The van der Waals surface area contributed by atoms with Crippen LogP contribution >= 0.6 is 0 Å². The molecule has 0 aliphatic heterocycles. The molecule has 0 unspecified atom stereocenters. The molecular weight excluding hydrogens is 547 g/mol. The summed E-state index contributed by atoms with van der Waals surface area (Å²) in [4.78, 5) is 30.9. The molecule has 0 aliphatic carbocycles. The maximum atomic E-state index is 15.3. The number of fused-ring (bicyclic) bond motifs is 1. The predicted octanol–water partition coefficient (Wildman–Crippen LogP) is 4.43. The van der Waals surface area contributed by atoms with Crippen molar-refractivity contribution in [2.75, 3.05) is 27.7 Å². The minimum Gasteiger partial charge on any atom is -0.459 e. The van der Waals surface area contributed by atoms with Crippen LogP contribution < -0.4 is 20.2 Å². The van der Waals surface area contributed by atoms with Gasteiger partial charge in [-0.05, 0) is 41.8 Å². The van der Waals surface area contributed by atoms with Crippen molar-refractivity contribution < 1.29 is 32.5 Å². The summed E-state index contributed by atoms with van der Waals surface area (Å²) in [6, 6.07) is 16.9. The summed E-state index contributed by atoms with van der Waals surface area (Å²) in [5, 5.41) is 6.53. The molecule has 5 aromatic rings. The standard InChI is InChI=1S/C30H27FN4O7/c1-35-29(32-15-34-35)28-27(40-17-39-3)26(36)25-23(13-20(14-24(25)42-28)30(37)33-16-38-2)41-22-10-9-19(12-21(22)31)11-18-7-5-4-6-8-18/h4-10,12-15H,11,16-17H2,1-3H3,(H,33,37). The molecule has 42 heavy (non-hydrogen) atoms. The zero-order chi connectivity index (χ0) is 29.6. The lowest BCUT2D eigenvalue weighted by Crippen LogP contribution is -2.25. The summed E-state index contributed by atoms with van der Waals surface area (Å²) in [6.45, 7) is -0.338. The van der Waals surface area contributed by atoms with E-state index in [1.54, 1.807) is 13.1 Å². The molecule has 0 saturated heterocycles. The van der Waals surface area contributed by atoms with E-state index >= 15 is 4.39 Å². The van der Waals surface area contributed by atoms with Gasteiger partial charge in [0.1, 0.15) is 29.8 Å². The molecule has 1 N–H and O–H groups in total. The van der Waals surface area contributed by atoms with Crippen molar-refractivity contribution in [1.82, 2.24) is 20.1 Å². The summed E-state index contributed by atoms with van der Waals surface area (Å²) in [6.07, 6.45) is 1.80. The molecule has 216 valence electrons. The maximum absolute atomic E-state index is 15.3. The molecule has 0 atom stereocenters. The van der Waals surface area contributed by atoms with E-state index in [1.165, 1.54) is 49.5 Å². The van der Waals surface area contributed by atoms with Gasteiger partial charge in [-0.25, -0.2) is 14.1 Å². The Bertz CT molecular complexity index is 1790. The number of aromatic nitrogens is 3. The number of carbonyl (C=O) groups excluding carboxylic acids is 1. The number of halogens is 1. The van der Waals surface area contributed by atoms with Crippen molar-refractivity contribution in [2.45, 2.75) is 6.42 Å². The average Bonchev–Trinajstić information content (AvgIpc) is 3.42. The molecule has 3 aromatic carbocycles. The fourth-order valence-corrected chi connectivity index (χ4v) is 4.30. The molecular formula is C30H27FN4O7. The van der Waals surface area contributed by atoms with E-state index in [0.29, 0.717) is 6.42 Å². The molecule has 0 bridgehead atoms. The number of amides is 1. The molecule has 0 aliphatic rings. The number of carbonyl (C=O) groups is 1. The molecule has 1 amide bonds. The van der Waals surface area contributed by atoms with Crippen molar-refractivity contribution in [2.24, 2.45) is 7.05 Å². The molecule has 0 spiro atoms. The highest BCUT2D eigenvalue weighted by Crippen LogP contribution is 2.36. The number of benzene rings is 3. The Morgan fingerprint density at radius 2 is 1.83 bits per heavy atom. The third-order valence-corrected chi connectivity index (χ3v) is 6.26. The van der Waals surface area contributed by atoms with Gasteiger partial charge in [0.2, 0.25) is 16.9 Å². The van der Waals surface area contributed by atoms with Gasteiger partial charge in [0.05, 0.1) is 0 Å². The number of nitrogens with one attached hydrogen (secondary N) is 1. The highest BCUT2D eigenvalue weighted by Gasteiger charge is 2.25. The summed E-state index contributed by atoms with van der Waals surface area (Å²) in [5.41, 5.74) is 1.15. The van der Waals surface area contributed by atoms with Crippen LogP contribution in [0, 0.1) is 5.82 Å². The monoisotopic (exact) mass is 574 g/mol. The fraction of sp³-hybridized carbons (Fsp3) is 0.200. The zero-order valence-electron chi connectivity index (χ0n) is 23.0. The van der Waals surface area contributed by atoms with Gasteiger partial charge in [0.15, 0.2) is 24.2 Å². The van der Waals surface area contributed by atoms with Crippen molar-refractivity contribution in [3.05, 3.63) is 99.7 Å². The quantitative estimate of drug-likeness (QED) is 0.228. The lowest BCUT2D eigenvalue weighted by molar-refractivity contribution is 0.0497. The normalized spacial score (nSPS) is 11.0. The first-order valence-electron chi connectivity index (χ1n) is 12.8. The van der Waals surface area contributed by atoms with E-state index in [4.69, 9.17) is 23.4 Å². The van der Waals surface area contributed by atoms with Crippen LogP contribution in [0.5, 0.6) is 17.2 Å². The second kappa shape index (κ2) is 12.6. The first-order valence-corrected chi connectivity index (χ1v) is 12.8. The Morgan fingerprint density at radius 1 is 1.02 bits per heavy atom. The summed E-state index contributed by atoms with van der Waals surface area (Å²) < 4.78 is 44.3. The predicted molar refractivity (Wildman–Crippen MR) is 150 cm³/mol. The SMILES string of the molecule is COCNC(=O)c1cc(Oc2ccc(Cc3ccccc3)cc2F)c2c(=O)c(OCOC)c(-c3ncnn3C)oc2c1. The Labute approximate surface area is 239 Å². The number of hydrogen-bond donors (Lipinski definition) is 1. The number of aryl methyl sites for hydroxylation is 1. The van der Waals surface area contributed by atoms with Crippen LogP contribution in [0.1, 0.15) is 21.5 Å². The van der Waals surface area contributed by atoms with Gasteiger partial charge in [-0.2, -0.15) is 5.10 Å². The second-order valence-electron chi connectivity index (χ2n) is 9.16. The first kappa shape index (κ1) is 28.5. The van der Waals surface area contributed by atoms with Gasteiger partial charge in [-0.15, -0.1) is 0 Å². The average molecular weight is 575 g/mol. The lowest BCUT2D eigenvalue weighted by atomic mass is 10.0. The minimum absolute atomic E-state index is 0.0241. The Kier molecular flexibility index (Phi) is 8.55. The number of hydrogen-bond acceptors (Lipinski definition) is 9. The smallest absolute Gasteiger partial charge is 0.253 e. The van der Waals surface area contributed by atoms with Gasteiger partial charge in [0.25, 0.3) is 5.91 Å². The minimum atomic E-state index is -0.651. The topological polar surface area (TPSA) is 127 Å². The number of methoxy groups -OCH3 is 2. The first-order chi connectivity index (χ1) is 20.4. The van der Waals surface area contributed by atoms with Crippen LogP contribution in [0.15, 0.2) is 76.2 Å². The highest BCUT2D eigenvalue weighted by atomic mass is 19.1. The molecule has 12 heteroatoms. The number of rotatable bonds is 11. The summed E-state index contributed by atoms with van der Waals surface area (Å²) in [5.74, 6) is -1.53. The van der Waals surface area contributed by atoms with E-state index in [2.05, 4.69) is 15.4 Å². The number of ether oxygens (including phenoxy) is 4. The van der Waals surface area contributed by atoms with Gasteiger partial charge in [-0.3, -0.25) is 9.59 Å². The largest absolute Gasteiger partial charge is 0.459 e. The highest BCUT2D eigenvalue weighted by molar-refractivity contribution is 6.00. The fourth-order valence-electron chi connectivity index (χ4n) is 4.30. The Morgan fingerprint density at radius 3 is 2.52 bits per heavy atom. The molecule has 2 aromatic heterocycles. The molecule has 0 saturated carbocycles. The molecule has 0 fully saturated rings. The van der Waals surface area contributed by atoms with Crippen LogP contribution in [-0.4, -0.2) is 48.4 Å². The van der Waals surface area contributed by atoms with Crippen LogP contribution in [0.25, 0.3) is 22.6 Å². The van der Waals surface area contributed by atoms with Gasteiger partial charge in [0, 0.05) is 26.8 Å². The summed E-state index contributed by atoms with van der Waals surface area (Å²) in [7, 11) is 4.43. The molecule has 2 heterocycles. The van der Waals surface area contributed by atoms with Crippen molar-refractivity contribution in [3.63, 3.8) is 0 Å². The van der Waals surface area contributed by atoms with E-state index < -0.39 is 17.2 Å². The van der Waals surface area contributed by atoms with Crippen LogP contribution in [-0.2, 0) is 22.9 Å². The van der Waals surface area contributed by atoms with Gasteiger partial charge in [-0.1, -0.05) is 36.4 Å². The Hall–Kier alpha value is -5.07. The molecule has 0 radical (unpaired) electrons. The molecule has 11 nitrogen and oxygen atoms in total. The van der Waals surface area contributed by atoms with Gasteiger partial charge < -0.3 is 28.7 Å². The Balaban J connectivity index is 1.64. The zero-order valence-corrected chi connectivity index (χ0v) is 23.0. The van der Waals surface area contributed by atoms with E-state index in [0.717, 1.165) is 11.1 Å². The second-order valence-corrected chi connectivity index (χ2v) is 9.16. The van der Waals surface area contributed by atoms with Gasteiger partial charge >= 0.3 is 0 Å². The van der Waals surface area contributed by atoms with Crippen LogP contribution in [0.4, 0.5) is 4.39 Å². The van der Waals surface area contributed by atoms with E-state index in [-0.39, 0.29) is 58.9 Å².